The number of hydrogen-bond acceptors (Lipinski definition) is 1. The number of nitrogens with zero attached hydrogens (tertiary/aromatic N) is 1. The number of fused-ring (bicyclic) bond motifs is 1. The minimum Gasteiger partial charge on any atom is -0.282 e. The van der Waals surface area contributed by atoms with Crippen molar-refractivity contribution in [3.8, 4) is 11.3 Å². The lowest BCUT2D eigenvalue weighted by Crippen LogP contribution is -2.04. The molecule has 1 unspecified atom stereocenters. The molecular weight excluding hydrogens is 220 g/mol. The topological polar surface area (TPSA) is 28.7 Å². The standard InChI is InChI=1S/C13H13ClN2/c14-10-7-4-8-11-12(10)13(16-15-11)9-5-2-1-3-6-9/h1-3,5-6,10H,4,7-8H2,(H,15,16). The first-order valence-corrected chi connectivity index (χ1v) is 6.06. The highest BCUT2D eigenvalue weighted by molar-refractivity contribution is 6.21. The Hall–Kier alpha value is -1.28. The number of alkyl halides is 1. The Morgan fingerprint density at radius 2 is 2.06 bits per heavy atom. The van der Waals surface area contributed by atoms with Crippen LogP contribution >= 0.6 is 11.6 Å². The average molecular weight is 233 g/mol. The molecule has 0 aliphatic heterocycles. The van der Waals surface area contributed by atoms with E-state index in [4.69, 9.17) is 11.6 Å². The van der Waals surface area contributed by atoms with Crippen molar-refractivity contribution < 1.29 is 0 Å². The predicted octanol–water partition coefficient (Wildman–Crippen LogP) is 3.69. The van der Waals surface area contributed by atoms with Crippen molar-refractivity contribution in [3.63, 3.8) is 0 Å². The molecule has 0 saturated carbocycles. The fourth-order valence-electron chi connectivity index (χ4n) is 2.33. The summed E-state index contributed by atoms with van der Waals surface area (Å²) in [6.45, 7) is 0. The van der Waals surface area contributed by atoms with Gasteiger partial charge in [-0.3, -0.25) is 5.10 Å². The Morgan fingerprint density at radius 1 is 1.25 bits per heavy atom. The SMILES string of the molecule is ClC1CCCc2[nH]nc(-c3ccccc3)c21. The summed E-state index contributed by atoms with van der Waals surface area (Å²) >= 11 is 6.38. The molecule has 16 heavy (non-hydrogen) atoms. The molecule has 1 aromatic heterocycles. The second kappa shape index (κ2) is 3.95. The van der Waals surface area contributed by atoms with Crippen molar-refractivity contribution in [2.24, 2.45) is 0 Å². The van der Waals surface area contributed by atoms with Crippen LogP contribution in [0.3, 0.4) is 0 Å². The van der Waals surface area contributed by atoms with Crippen LogP contribution in [0.2, 0.25) is 0 Å². The van der Waals surface area contributed by atoms with Gasteiger partial charge in [0.05, 0.1) is 11.1 Å². The van der Waals surface area contributed by atoms with E-state index in [0.29, 0.717) is 0 Å². The zero-order valence-electron chi connectivity index (χ0n) is 8.91. The summed E-state index contributed by atoms with van der Waals surface area (Å²) < 4.78 is 0. The number of aryl methyl sites for hydroxylation is 1. The monoisotopic (exact) mass is 232 g/mol. The first-order valence-electron chi connectivity index (χ1n) is 5.63. The van der Waals surface area contributed by atoms with Crippen LogP contribution in [-0.2, 0) is 6.42 Å². The first-order chi connectivity index (χ1) is 7.86. The molecule has 1 aliphatic rings. The Labute approximate surface area is 99.6 Å². The van der Waals surface area contributed by atoms with E-state index in [9.17, 15) is 0 Å². The maximum absolute atomic E-state index is 6.38. The van der Waals surface area contributed by atoms with Crippen LogP contribution in [0.25, 0.3) is 11.3 Å². The number of aromatic amines is 1. The van der Waals surface area contributed by atoms with E-state index in [-0.39, 0.29) is 5.38 Å². The number of benzene rings is 1. The molecule has 1 aliphatic carbocycles. The van der Waals surface area contributed by atoms with Gasteiger partial charge >= 0.3 is 0 Å². The maximum Gasteiger partial charge on any atom is 0.0970 e. The molecule has 1 N–H and O–H groups in total. The lowest BCUT2D eigenvalue weighted by molar-refractivity contribution is 0.658. The summed E-state index contributed by atoms with van der Waals surface area (Å²) in [5.74, 6) is 0. The third-order valence-corrected chi connectivity index (χ3v) is 3.56. The molecular formula is C13H13ClN2. The van der Waals surface area contributed by atoms with Gasteiger partial charge in [-0.2, -0.15) is 5.10 Å². The van der Waals surface area contributed by atoms with Gasteiger partial charge in [-0.15, -0.1) is 11.6 Å². The van der Waals surface area contributed by atoms with Gasteiger partial charge in [0, 0.05) is 16.8 Å². The first kappa shape index (κ1) is 9.91. The zero-order valence-corrected chi connectivity index (χ0v) is 9.67. The van der Waals surface area contributed by atoms with Crippen LogP contribution in [0.5, 0.6) is 0 Å². The summed E-state index contributed by atoms with van der Waals surface area (Å²) in [6, 6.07) is 10.2. The number of aromatic nitrogens is 2. The number of rotatable bonds is 1. The molecule has 0 saturated heterocycles. The molecule has 0 spiro atoms. The zero-order chi connectivity index (χ0) is 11.0. The van der Waals surface area contributed by atoms with Crippen LogP contribution < -0.4 is 0 Å². The minimum absolute atomic E-state index is 0.109. The molecule has 0 radical (unpaired) electrons. The second-order valence-electron chi connectivity index (χ2n) is 4.19. The molecule has 2 aromatic rings. The molecule has 82 valence electrons. The van der Waals surface area contributed by atoms with E-state index in [1.807, 2.05) is 18.2 Å². The van der Waals surface area contributed by atoms with Crippen molar-refractivity contribution >= 4 is 11.6 Å². The molecule has 1 heterocycles. The van der Waals surface area contributed by atoms with E-state index in [0.717, 1.165) is 30.5 Å². The minimum atomic E-state index is 0.109. The number of halogens is 1. The van der Waals surface area contributed by atoms with E-state index < -0.39 is 0 Å². The quantitative estimate of drug-likeness (QED) is 0.747. The fourth-order valence-corrected chi connectivity index (χ4v) is 2.72. The molecule has 0 amide bonds. The van der Waals surface area contributed by atoms with Gasteiger partial charge in [0.25, 0.3) is 0 Å². The highest BCUT2D eigenvalue weighted by Gasteiger charge is 2.24. The number of H-pyrrole nitrogens is 1. The van der Waals surface area contributed by atoms with Gasteiger partial charge in [0.1, 0.15) is 0 Å². The van der Waals surface area contributed by atoms with Gasteiger partial charge in [-0.1, -0.05) is 30.3 Å². The van der Waals surface area contributed by atoms with Crippen LogP contribution in [0.15, 0.2) is 30.3 Å². The summed E-state index contributed by atoms with van der Waals surface area (Å²) in [5.41, 5.74) is 4.59. The van der Waals surface area contributed by atoms with E-state index in [2.05, 4.69) is 22.3 Å². The van der Waals surface area contributed by atoms with Gasteiger partial charge < -0.3 is 0 Å². The number of nitrogens with one attached hydrogen (secondary N) is 1. The van der Waals surface area contributed by atoms with Crippen molar-refractivity contribution in [1.82, 2.24) is 10.2 Å². The Balaban J connectivity index is 2.13. The predicted molar refractivity (Wildman–Crippen MR) is 65.6 cm³/mol. The number of hydrogen-bond donors (Lipinski definition) is 1. The van der Waals surface area contributed by atoms with Crippen molar-refractivity contribution in [3.05, 3.63) is 41.6 Å². The Kier molecular flexibility index (Phi) is 2.44. The van der Waals surface area contributed by atoms with Crippen molar-refractivity contribution in [2.45, 2.75) is 24.6 Å². The second-order valence-corrected chi connectivity index (χ2v) is 4.72. The molecule has 0 fully saturated rings. The van der Waals surface area contributed by atoms with Crippen molar-refractivity contribution in [2.75, 3.05) is 0 Å². The third kappa shape index (κ3) is 1.54. The molecule has 1 aromatic carbocycles. The summed E-state index contributed by atoms with van der Waals surface area (Å²) in [6.07, 6.45) is 3.27. The van der Waals surface area contributed by atoms with Crippen LogP contribution in [0.4, 0.5) is 0 Å². The molecule has 3 rings (SSSR count). The van der Waals surface area contributed by atoms with Crippen LogP contribution in [0.1, 0.15) is 29.5 Å². The average Bonchev–Trinajstić information content (AvgIpc) is 2.75. The van der Waals surface area contributed by atoms with Gasteiger partial charge in [-0.25, -0.2) is 0 Å². The summed E-state index contributed by atoms with van der Waals surface area (Å²) in [5, 5.41) is 7.64. The van der Waals surface area contributed by atoms with Gasteiger partial charge in [0.15, 0.2) is 0 Å². The van der Waals surface area contributed by atoms with E-state index in [1.54, 1.807) is 0 Å². The molecule has 0 bridgehead atoms. The summed E-state index contributed by atoms with van der Waals surface area (Å²) in [4.78, 5) is 0. The summed E-state index contributed by atoms with van der Waals surface area (Å²) in [7, 11) is 0. The maximum atomic E-state index is 6.38. The largest absolute Gasteiger partial charge is 0.282 e. The molecule has 3 heteroatoms. The van der Waals surface area contributed by atoms with Crippen LogP contribution in [-0.4, -0.2) is 10.2 Å². The van der Waals surface area contributed by atoms with Crippen LogP contribution in [0, 0.1) is 0 Å². The van der Waals surface area contributed by atoms with E-state index >= 15 is 0 Å². The highest BCUT2D eigenvalue weighted by Crippen LogP contribution is 2.39. The Bertz CT molecular complexity index is 490. The third-order valence-electron chi connectivity index (χ3n) is 3.13. The normalized spacial score (nSPS) is 19.4. The Morgan fingerprint density at radius 3 is 2.88 bits per heavy atom. The van der Waals surface area contributed by atoms with Gasteiger partial charge in [0.2, 0.25) is 0 Å². The molecule has 1 atom stereocenters. The van der Waals surface area contributed by atoms with E-state index in [1.165, 1.54) is 11.3 Å². The lowest BCUT2D eigenvalue weighted by atomic mass is 9.93. The molecule has 2 nitrogen and oxygen atoms in total. The smallest absolute Gasteiger partial charge is 0.0970 e. The lowest BCUT2D eigenvalue weighted by Gasteiger charge is -2.17. The fraction of sp³-hybridized carbons (Fsp3) is 0.308. The van der Waals surface area contributed by atoms with Gasteiger partial charge in [-0.05, 0) is 19.3 Å². The van der Waals surface area contributed by atoms with Crippen molar-refractivity contribution in [1.29, 1.82) is 0 Å². The highest BCUT2D eigenvalue weighted by atomic mass is 35.5.